The van der Waals surface area contributed by atoms with E-state index in [1.807, 2.05) is 0 Å². The summed E-state index contributed by atoms with van der Waals surface area (Å²) in [6.45, 7) is 0.282. The fourth-order valence-corrected chi connectivity index (χ4v) is 6.50. The van der Waals surface area contributed by atoms with E-state index in [-0.39, 0.29) is 0 Å². The minimum atomic E-state index is -1.65. The van der Waals surface area contributed by atoms with Crippen LogP contribution in [-0.4, -0.2) is 197 Å². The molecule has 20 atom stereocenters. The van der Waals surface area contributed by atoms with Gasteiger partial charge in [0, 0.05) is 20.0 Å². The van der Waals surface area contributed by atoms with Gasteiger partial charge in [0.1, 0.15) is 61.0 Å². The SMILES string of the molecule is COC1OC(CO)C(OC2OC(CO)C(OC3OC(CO)C(OC4OC(CO)C(C)C(O)C4N)C(O)C3N)C(O)C2N)C(O)C1NC(C)=O. The number of nitrogens with one attached hydrogen (secondary N) is 1. The molecule has 20 unspecified atom stereocenters. The minimum Gasteiger partial charge on any atom is -0.394 e. The van der Waals surface area contributed by atoms with Crippen LogP contribution in [0.25, 0.3) is 0 Å². The molecule has 0 aromatic rings. The van der Waals surface area contributed by atoms with Crippen LogP contribution in [0, 0.1) is 5.92 Å². The van der Waals surface area contributed by atoms with E-state index in [2.05, 4.69) is 5.32 Å². The van der Waals surface area contributed by atoms with Gasteiger partial charge in [-0.15, -0.1) is 0 Å². The van der Waals surface area contributed by atoms with Gasteiger partial charge in [0.05, 0.1) is 56.8 Å². The summed E-state index contributed by atoms with van der Waals surface area (Å²) in [5, 5.41) is 86.4. The molecule has 15 N–H and O–H groups in total. The third-order valence-electron chi connectivity index (χ3n) is 9.45. The Labute approximate surface area is 282 Å². The normalized spacial score (nSPS) is 49.4. The van der Waals surface area contributed by atoms with E-state index in [1.165, 1.54) is 14.0 Å². The van der Waals surface area contributed by atoms with Gasteiger partial charge >= 0.3 is 0 Å². The molecule has 0 aromatic carbocycles. The van der Waals surface area contributed by atoms with Crippen molar-refractivity contribution in [3.05, 3.63) is 0 Å². The van der Waals surface area contributed by atoms with Crippen LogP contribution in [-0.2, 0) is 42.7 Å². The Kier molecular flexibility index (Phi) is 14.4. The zero-order valence-electron chi connectivity index (χ0n) is 27.4. The van der Waals surface area contributed by atoms with Crippen molar-refractivity contribution in [3.8, 4) is 0 Å². The average molecular weight is 717 g/mol. The molecule has 4 rings (SSSR count). The van der Waals surface area contributed by atoms with Gasteiger partial charge < -0.3 is 101 Å². The summed E-state index contributed by atoms with van der Waals surface area (Å²) in [4.78, 5) is 11.8. The van der Waals surface area contributed by atoms with Gasteiger partial charge in [0.2, 0.25) is 5.91 Å². The smallest absolute Gasteiger partial charge is 0.217 e. The zero-order chi connectivity index (χ0) is 36.3. The van der Waals surface area contributed by atoms with Crippen molar-refractivity contribution in [3.63, 3.8) is 0 Å². The summed E-state index contributed by atoms with van der Waals surface area (Å²) in [5.74, 6) is -1.04. The number of methoxy groups -OCH3 is 1. The Morgan fingerprint density at radius 1 is 0.612 bits per heavy atom. The molecular formula is C28H52N4O17. The van der Waals surface area contributed by atoms with E-state index in [0.29, 0.717) is 0 Å². The molecule has 21 nitrogen and oxygen atoms in total. The first kappa shape index (κ1) is 40.5. The standard InChI is InChI=1S/C28H52N4O17/c1-8-10(4-33)43-25(14(29)18(8)38)47-22-11(5-34)44-26(15(30)19(22)39)48-23-12(6-35)45-27(16(31)20(23)40)49-24-13(7-36)46-28(42-3)17(21(24)41)32-9(2)37/h8,10-28,33-36,38-41H,4-7,29-31H2,1-3H3,(H,32,37). The van der Waals surface area contributed by atoms with Crippen molar-refractivity contribution in [2.24, 2.45) is 23.1 Å². The van der Waals surface area contributed by atoms with E-state index < -0.39 is 155 Å². The largest absolute Gasteiger partial charge is 0.394 e. The lowest BCUT2D eigenvalue weighted by molar-refractivity contribution is -0.358. The van der Waals surface area contributed by atoms with Crippen LogP contribution in [0.1, 0.15) is 13.8 Å². The summed E-state index contributed by atoms with van der Waals surface area (Å²) in [5.41, 5.74) is 18.6. The molecule has 4 saturated heterocycles. The number of hydrogen-bond acceptors (Lipinski definition) is 20. The first-order valence-electron chi connectivity index (χ1n) is 16.0. The molecule has 21 heteroatoms. The fourth-order valence-electron chi connectivity index (χ4n) is 6.50. The van der Waals surface area contributed by atoms with Crippen molar-refractivity contribution in [1.82, 2.24) is 5.32 Å². The third-order valence-corrected chi connectivity index (χ3v) is 9.45. The number of ether oxygens (including phenoxy) is 8. The van der Waals surface area contributed by atoms with Gasteiger partial charge in [-0.25, -0.2) is 0 Å². The van der Waals surface area contributed by atoms with Gasteiger partial charge in [0.25, 0.3) is 0 Å². The molecule has 0 aliphatic carbocycles. The first-order chi connectivity index (χ1) is 23.2. The maximum absolute atomic E-state index is 11.8. The number of rotatable bonds is 12. The number of carbonyl (C=O) groups excluding carboxylic acids is 1. The summed E-state index contributed by atoms with van der Waals surface area (Å²) < 4.78 is 45.8. The number of amides is 1. The number of carbonyl (C=O) groups is 1. The molecule has 4 fully saturated rings. The molecule has 0 spiro atoms. The highest BCUT2D eigenvalue weighted by molar-refractivity contribution is 5.73. The van der Waals surface area contributed by atoms with Gasteiger partial charge in [0.15, 0.2) is 25.2 Å². The highest BCUT2D eigenvalue weighted by Crippen LogP contribution is 2.34. The second-order valence-corrected chi connectivity index (χ2v) is 12.7. The minimum absolute atomic E-state index is 0.442. The second-order valence-electron chi connectivity index (χ2n) is 12.7. The molecule has 0 bridgehead atoms. The van der Waals surface area contributed by atoms with E-state index in [0.717, 1.165) is 0 Å². The molecule has 1 amide bonds. The van der Waals surface area contributed by atoms with Crippen molar-refractivity contribution in [2.45, 2.75) is 130 Å². The summed E-state index contributed by atoms with van der Waals surface area (Å²) in [6.07, 6.45) is -20.2. The Morgan fingerprint density at radius 3 is 1.33 bits per heavy atom. The third kappa shape index (κ3) is 8.52. The molecule has 4 aliphatic heterocycles. The number of nitrogens with two attached hydrogens (primary N) is 3. The van der Waals surface area contributed by atoms with Crippen LogP contribution in [0.5, 0.6) is 0 Å². The van der Waals surface area contributed by atoms with Crippen LogP contribution in [0.4, 0.5) is 0 Å². The van der Waals surface area contributed by atoms with E-state index >= 15 is 0 Å². The fraction of sp³-hybridized carbons (Fsp3) is 0.964. The Morgan fingerprint density at radius 2 is 0.959 bits per heavy atom. The number of hydrogen-bond donors (Lipinski definition) is 12. The topological polar surface area (TPSA) is 343 Å². The van der Waals surface area contributed by atoms with Gasteiger partial charge in [-0.3, -0.25) is 4.79 Å². The van der Waals surface area contributed by atoms with E-state index in [4.69, 9.17) is 55.1 Å². The van der Waals surface area contributed by atoms with Crippen LogP contribution in [0.2, 0.25) is 0 Å². The maximum Gasteiger partial charge on any atom is 0.217 e. The van der Waals surface area contributed by atoms with Crippen LogP contribution in [0.3, 0.4) is 0 Å². The molecule has 49 heavy (non-hydrogen) atoms. The summed E-state index contributed by atoms with van der Waals surface area (Å²) in [6, 6.07) is -5.01. The van der Waals surface area contributed by atoms with Crippen LogP contribution in [0.15, 0.2) is 0 Å². The predicted molar refractivity (Wildman–Crippen MR) is 159 cm³/mol. The van der Waals surface area contributed by atoms with Crippen molar-refractivity contribution in [2.75, 3.05) is 33.5 Å². The monoisotopic (exact) mass is 716 g/mol. The first-order valence-corrected chi connectivity index (χ1v) is 16.0. The lowest BCUT2D eigenvalue weighted by Crippen LogP contribution is -2.70. The lowest BCUT2D eigenvalue weighted by atomic mass is 9.89. The summed E-state index contributed by atoms with van der Waals surface area (Å²) >= 11 is 0. The van der Waals surface area contributed by atoms with Crippen molar-refractivity contribution in [1.29, 1.82) is 0 Å². The predicted octanol–water partition coefficient (Wildman–Crippen LogP) is -7.78. The molecule has 286 valence electrons. The Bertz CT molecular complexity index is 1050. The molecule has 0 aromatic heterocycles. The van der Waals surface area contributed by atoms with Crippen LogP contribution < -0.4 is 22.5 Å². The van der Waals surface area contributed by atoms with Gasteiger partial charge in [-0.2, -0.15) is 0 Å². The van der Waals surface area contributed by atoms with Crippen molar-refractivity contribution < 1.29 is 83.5 Å². The molecule has 4 heterocycles. The quantitative estimate of drug-likeness (QED) is 0.0892. The number of aliphatic hydroxyl groups excluding tert-OH is 8. The molecule has 0 saturated carbocycles. The van der Waals surface area contributed by atoms with Gasteiger partial charge in [-0.05, 0) is 0 Å². The Balaban J connectivity index is 1.45. The molecule has 0 radical (unpaired) electrons. The molecule has 4 aliphatic rings. The lowest BCUT2D eigenvalue weighted by Gasteiger charge is -2.50. The second kappa shape index (κ2) is 17.5. The Hall–Kier alpha value is -1.29. The maximum atomic E-state index is 11.8. The van der Waals surface area contributed by atoms with Crippen LogP contribution >= 0.6 is 0 Å². The molecular weight excluding hydrogens is 664 g/mol. The number of aliphatic hydroxyl groups is 8. The van der Waals surface area contributed by atoms with E-state index in [1.54, 1.807) is 6.92 Å². The van der Waals surface area contributed by atoms with Gasteiger partial charge in [-0.1, -0.05) is 6.92 Å². The average Bonchev–Trinajstić information content (AvgIpc) is 3.08. The highest BCUT2D eigenvalue weighted by atomic mass is 16.8. The van der Waals surface area contributed by atoms with Crippen molar-refractivity contribution >= 4 is 5.91 Å². The highest BCUT2D eigenvalue weighted by Gasteiger charge is 2.54. The summed E-state index contributed by atoms with van der Waals surface area (Å²) in [7, 11) is 1.28. The zero-order valence-corrected chi connectivity index (χ0v) is 27.4. The van der Waals surface area contributed by atoms with E-state index in [9.17, 15) is 45.6 Å².